The average Bonchev–Trinajstić information content (AvgIpc) is 1.70. The molecular formula is C4H12Cl2N2Pd-2. The van der Waals surface area contributed by atoms with E-state index in [1.165, 1.54) is 13.1 Å². The molecule has 4 N–H and O–H groups in total. The van der Waals surface area contributed by atoms with Crippen molar-refractivity contribution in [2.24, 2.45) is 11.5 Å². The van der Waals surface area contributed by atoms with Crippen LogP contribution in [0, 0.1) is 13.1 Å². The van der Waals surface area contributed by atoms with Crippen LogP contribution in [0.2, 0.25) is 0 Å². The van der Waals surface area contributed by atoms with Gasteiger partial charge in [0.1, 0.15) is 0 Å². The molecule has 0 saturated heterocycles. The molecule has 0 radical (unpaired) electrons. The fraction of sp³-hybridized carbons (Fsp3) is 0.500. The molecule has 0 amide bonds. The Bertz CT molecular complexity index is 21.3. The molecule has 0 aliphatic heterocycles. The van der Waals surface area contributed by atoms with Crippen molar-refractivity contribution in [2.45, 2.75) is 13.8 Å². The summed E-state index contributed by atoms with van der Waals surface area (Å²) in [6.07, 6.45) is 0. The molecule has 0 spiro atoms. The summed E-state index contributed by atoms with van der Waals surface area (Å²) < 4.78 is 0. The number of rotatable bonds is 0. The second-order valence-corrected chi connectivity index (χ2v) is 3.07. The molecule has 0 unspecified atom stereocenters. The van der Waals surface area contributed by atoms with E-state index in [0.29, 0.717) is 0 Å². The molecule has 0 aromatic heterocycles. The maximum absolute atomic E-state index is 4.81. The zero-order chi connectivity index (χ0) is 8.12. The summed E-state index contributed by atoms with van der Waals surface area (Å²) >= 11 is -0.106. The van der Waals surface area contributed by atoms with Gasteiger partial charge in [0.05, 0.1) is 0 Å². The van der Waals surface area contributed by atoms with Crippen LogP contribution in [0.5, 0.6) is 0 Å². The van der Waals surface area contributed by atoms with E-state index in [2.05, 4.69) is 0 Å². The first-order valence-electron chi connectivity index (χ1n) is 2.06. The van der Waals surface area contributed by atoms with Crippen molar-refractivity contribution in [3.05, 3.63) is 13.1 Å². The van der Waals surface area contributed by atoms with E-state index in [1.807, 2.05) is 0 Å². The van der Waals surface area contributed by atoms with Crippen molar-refractivity contribution < 1.29 is 15.9 Å². The van der Waals surface area contributed by atoms with Crippen LogP contribution in [0.15, 0.2) is 0 Å². The summed E-state index contributed by atoms with van der Waals surface area (Å²) in [7, 11) is 9.63. The average molecular weight is 265 g/mol. The van der Waals surface area contributed by atoms with Gasteiger partial charge in [-0.25, -0.2) is 0 Å². The predicted molar refractivity (Wildman–Crippen MR) is 40.0 cm³/mol. The van der Waals surface area contributed by atoms with E-state index < -0.39 is 0 Å². The summed E-state index contributed by atoms with van der Waals surface area (Å²) in [5, 5.41) is 0. The van der Waals surface area contributed by atoms with Gasteiger partial charge in [-0.3, -0.25) is 13.1 Å². The quantitative estimate of drug-likeness (QED) is 0.517. The van der Waals surface area contributed by atoms with Gasteiger partial charge in [-0.2, -0.15) is 13.8 Å². The van der Waals surface area contributed by atoms with Crippen molar-refractivity contribution in [1.29, 1.82) is 0 Å². The Hall–Kier alpha value is 1.16. The molecule has 0 aliphatic rings. The molecule has 0 aromatic rings. The van der Waals surface area contributed by atoms with Crippen LogP contribution >= 0.6 is 19.1 Å². The summed E-state index contributed by atoms with van der Waals surface area (Å²) in [6.45, 7) is 6.56. The number of nitrogens with two attached hydrogens (primary N) is 2. The Morgan fingerprint density at radius 1 is 1.11 bits per heavy atom. The molecule has 64 valence electrons. The molecule has 0 aliphatic carbocycles. The van der Waals surface area contributed by atoms with E-state index in [0.717, 1.165) is 0 Å². The van der Waals surface area contributed by atoms with Crippen molar-refractivity contribution in [2.75, 3.05) is 0 Å². The van der Waals surface area contributed by atoms with Gasteiger partial charge in [-0.05, 0) is 0 Å². The molecular weight excluding hydrogens is 253 g/mol. The molecule has 0 bridgehead atoms. The van der Waals surface area contributed by atoms with Crippen LogP contribution in [-0.4, -0.2) is 0 Å². The van der Waals surface area contributed by atoms with Gasteiger partial charge in [0.25, 0.3) is 0 Å². The molecule has 0 fully saturated rings. The monoisotopic (exact) mass is 264 g/mol. The molecule has 0 aromatic carbocycles. The third-order valence-electron chi connectivity index (χ3n) is 0. The Labute approximate surface area is 73.4 Å². The van der Waals surface area contributed by atoms with Crippen molar-refractivity contribution >= 4 is 19.1 Å². The Kier molecular flexibility index (Phi) is 65.1. The Morgan fingerprint density at radius 2 is 1.11 bits per heavy atom. The number of hydrogen-bond donors (Lipinski definition) is 2. The Balaban J connectivity index is -0.0000000600. The summed E-state index contributed by atoms with van der Waals surface area (Å²) in [5.41, 5.74) is 9.44. The van der Waals surface area contributed by atoms with E-state index in [9.17, 15) is 0 Å². The minimum atomic E-state index is -0.106. The normalized spacial score (nSPS) is 6.44. The second-order valence-electron chi connectivity index (χ2n) is 0.712. The third kappa shape index (κ3) is 348. The van der Waals surface area contributed by atoms with Gasteiger partial charge in [-0.1, -0.05) is 0 Å². The van der Waals surface area contributed by atoms with Crippen LogP contribution in [0.4, 0.5) is 0 Å². The number of hydrogen-bond acceptors (Lipinski definition) is 2. The Morgan fingerprint density at radius 3 is 1.11 bits per heavy atom. The summed E-state index contributed by atoms with van der Waals surface area (Å²) in [5.74, 6) is 0. The van der Waals surface area contributed by atoms with Gasteiger partial charge in [0, 0.05) is 0 Å². The first-order valence-corrected chi connectivity index (χ1v) is 6.06. The SMILES string of the molecule is C[CH-]N.C[CH-]N.[Cl][Pd][Cl]. The van der Waals surface area contributed by atoms with Gasteiger partial charge < -0.3 is 11.5 Å². The maximum atomic E-state index is 4.81. The van der Waals surface area contributed by atoms with Crippen molar-refractivity contribution in [1.82, 2.24) is 0 Å². The molecule has 9 heavy (non-hydrogen) atoms. The predicted octanol–water partition coefficient (Wildman–Crippen LogP) is 1.63. The zero-order valence-corrected chi connectivity index (χ0v) is 8.45. The van der Waals surface area contributed by atoms with Crippen LogP contribution in [0.25, 0.3) is 0 Å². The molecule has 2 nitrogen and oxygen atoms in total. The van der Waals surface area contributed by atoms with E-state index in [1.54, 1.807) is 13.8 Å². The van der Waals surface area contributed by atoms with Gasteiger partial charge in [0.15, 0.2) is 0 Å². The van der Waals surface area contributed by atoms with Crippen molar-refractivity contribution in [3.8, 4) is 0 Å². The van der Waals surface area contributed by atoms with Crippen LogP contribution in [-0.2, 0) is 15.9 Å². The number of halogens is 2. The van der Waals surface area contributed by atoms with Crippen LogP contribution in [0.3, 0.4) is 0 Å². The molecule has 0 saturated carbocycles. The van der Waals surface area contributed by atoms with Crippen molar-refractivity contribution in [3.63, 3.8) is 0 Å². The first kappa shape index (κ1) is 16.6. The summed E-state index contributed by atoms with van der Waals surface area (Å²) in [4.78, 5) is 0. The molecule has 0 atom stereocenters. The van der Waals surface area contributed by atoms with Crippen LogP contribution < -0.4 is 11.5 Å². The van der Waals surface area contributed by atoms with E-state index in [-0.39, 0.29) is 15.9 Å². The zero-order valence-electron chi connectivity index (χ0n) is 5.38. The fourth-order valence-electron chi connectivity index (χ4n) is 0. The fourth-order valence-corrected chi connectivity index (χ4v) is 0. The van der Waals surface area contributed by atoms with E-state index >= 15 is 0 Å². The molecule has 5 heteroatoms. The van der Waals surface area contributed by atoms with Gasteiger partial charge in [0.2, 0.25) is 0 Å². The van der Waals surface area contributed by atoms with Gasteiger partial charge >= 0.3 is 35.0 Å². The van der Waals surface area contributed by atoms with Crippen LogP contribution in [0.1, 0.15) is 13.8 Å². The van der Waals surface area contributed by atoms with Gasteiger partial charge in [-0.15, -0.1) is 0 Å². The topological polar surface area (TPSA) is 52.0 Å². The standard InChI is InChI=1S/2C2H6N.2ClH.Pd/c2*1-2-3;;;/h2*2H,3H2,1H3;2*1H;/q2*-1;;;+2/p-2. The van der Waals surface area contributed by atoms with E-state index in [4.69, 9.17) is 30.5 Å². The molecule has 0 rings (SSSR count). The molecule has 0 heterocycles. The minimum absolute atomic E-state index is 0.106. The summed E-state index contributed by atoms with van der Waals surface area (Å²) in [6, 6.07) is 0. The first-order chi connectivity index (χ1) is 4.24. The third-order valence-corrected chi connectivity index (χ3v) is 0. The second kappa shape index (κ2) is 35.2.